The van der Waals surface area contributed by atoms with E-state index in [0.717, 1.165) is 5.56 Å². The lowest BCUT2D eigenvalue weighted by atomic mass is 10.0. The number of ether oxygens (including phenoxy) is 2. The van der Waals surface area contributed by atoms with Gasteiger partial charge in [0.1, 0.15) is 11.7 Å². The van der Waals surface area contributed by atoms with Crippen molar-refractivity contribution in [2.75, 3.05) is 19.8 Å². The number of carboxylic acid groups (broad SMARTS) is 1. The van der Waals surface area contributed by atoms with Crippen LogP contribution in [0.15, 0.2) is 24.4 Å². The van der Waals surface area contributed by atoms with Crippen molar-refractivity contribution in [2.45, 2.75) is 38.5 Å². The monoisotopic (exact) mass is 457 g/mol. The topological polar surface area (TPSA) is 153 Å². The molecule has 1 fully saturated rings. The molecule has 3 heterocycles. The number of carbonyl (C=O) groups is 4. The van der Waals surface area contributed by atoms with E-state index in [1.54, 1.807) is 23.0 Å². The predicted molar refractivity (Wildman–Crippen MR) is 110 cm³/mol. The van der Waals surface area contributed by atoms with E-state index in [-0.39, 0.29) is 57.6 Å². The SMILES string of the molecule is O=C(O)CCOCCOCc1cn(-c2cccc3c2CN(C2CCC(=O)NC2=O)C3=O)nn1. The molecular formula is C21H23N5O7. The van der Waals surface area contributed by atoms with Crippen molar-refractivity contribution in [3.8, 4) is 5.69 Å². The van der Waals surface area contributed by atoms with Crippen molar-refractivity contribution in [3.05, 3.63) is 41.2 Å². The number of benzene rings is 1. The van der Waals surface area contributed by atoms with Gasteiger partial charge in [-0.15, -0.1) is 5.10 Å². The summed E-state index contributed by atoms with van der Waals surface area (Å²) in [6, 6.07) is 4.58. The summed E-state index contributed by atoms with van der Waals surface area (Å²) in [5.41, 5.74) is 2.47. The molecule has 2 aliphatic rings. The number of rotatable bonds is 10. The number of amides is 3. The lowest BCUT2D eigenvalue weighted by molar-refractivity contribution is -0.139. The molecule has 3 amide bonds. The molecule has 1 unspecified atom stereocenters. The van der Waals surface area contributed by atoms with Crippen LogP contribution in [-0.2, 0) is 37.0 Å². The molecule has 33 heavy (non-hydrogen) atoms. The summed E-state index contributed by atoms with van der Waals surface area (Å²) in [5.74, 6) is -1.96. The van der Waals surface area contributed by atoms with Crippen LogP contribution in [0, 0.1) is 0 Å². The zero-order valence-corrected chi connectivity index (χ0v) is 17.7. The zero-order valence-electron chi connectivity index (χ0n) is 17.7. The average Bonchev–Trinajstić information content (AvgIpc) is 3.38. The van der Waals surface area contributed by atoms with Crippen LogP contribution in [0.2, 0.25) is 0 Å². The molecule has 0 spiro atoms. The van der Waals surface area contributed by atoms with Crippen LogP contribution < -0.4 is 5.32 Å². The molecule has 2 N–H and O–H groups in total. The average molecular weight is 457 g/mol. The van der Waals surface area contributed by atoms with E-state index in [1.807, 2.05) is 6.07 Å². The summed E-state index contributed by atoms with van der Waals surface area (Å²) in [6.07, 6.45) is 2.13. The molecule has 2 aromatic rings. The molecular weight excluding hydrogens is 434 g/mol. The first-order chi connectivity index (χ1) is 15.9. The molecule has 174 valence electrons. The third kappa shape index (κ3) is 5.07. The predicted octanol–water partition coefficient (Wildman–Crippen LogP) is 0.0362. The number of hydrogen-bond acceptors (Lipinski definition) is 8. The minimum absolute atomic E-state index is 0.0564. The van der Waals surface area contributed by atoms with E-state index in [4.69, 9.17) is 14.6 Å². The second kappa shape index (κ2) is 9.88. The van der Waals surface area contributed by atoms with Crippen LogP contribution in [0.3, 0.4) is 0 Å². The van der Waals surface area contributed by atoms with Gasteiger partial charge in [-0.25, -0.2) is 4.68 Å². The van der Waals surface area contributed by atoms with Gasteiger partial charge in [0.05, 0.1) is 44.7 Å². The Morgan fingerprint density at radius 2 is 2.00 bits per heavy atom. The van der Waals surface area contributed by atoms with Gasteiger partial charge in [0.15, 0.2) is 0 Å². The van der Waals surface area contributed by atoms with Gasteiger partial charge in [-0.1, -0.05) is 11.3 Å². The van der Waals surface area contributed by atoms with Gasteiger partial charge >= 0.3 is 5.97 Å². The summed E-state index contributed by atoms with van der Waals surface area (Å²) in [7, 11) is 0. The molecule has 1 atom stereocenters. The highest BCUT2D eigenvalue weighted by molar-refractivity contribution is 6.05. The number of aromatic nitrogens is 3. The summed E-state index contributed by atoms with van der Waals surface area (Å²) in [5, 5.41) is 19.1. The number of piperidine rings is 1. The van der Waals surface area contributed by atoms with Crippen molar-refractivity contribution in [3.63, 3.8) is 0 Å². The first kappa shape index (κ1) is 22.6. The molecule has 1 aromatic heterocycles. The normalized spacial score (nSPS) is 17.9. The van der Waals surface area contributed by atoms with Crippen LogP contribution in [0.4, 0.5) is 0 Å². The number of fused-ring (bicyclic) bond motifs is 1. The minimum atomic E-state index is -0.915. The highest BCUT2D eigenvalue weighted by Crippen LogP contribution is 2.31. The van der Waals surface area contributed by atoms with Gasteiger partial charge < -0.3 is 19.5 Å². The molecule has 12 heteroatoms. The molecule has 1 aromatic carbocycles. The standard InChI is InChI=1S/C21H23N5O7/c27-18-5-4-17(20(30)22-18)25-11-15-14(21(25)31)2-1-3-16(15)26-10-13(23-24-26)12-33-9-8-32-7-6-19(28)29/h1-3,10,17H,4-9,11-12H2,(H,28,29)(H,22,27,30). The Bertz CT molecular complexity index is 1080. The Labute approximate surface area is 188 Å². The molecule has 4 rings (SSSR count). The molecule has 0 aliphatic carbocycles. The lowest BCUT2D eigenvalue weighted by Gasteiger charge is -2.29. The number of hydrogen-bond donors (Lipinski definition) is 2. The number of carboxylic acids is 1. The fourth-order valence-electron chi connectivity index (χ4n) is 3.82. The second-order valence-electron chi connectivity index (χ2n) is 7.67. The van der Waals surface area contributed by atoms with Crippen molar-refractivity contribution in [1.82, 2.24) is 25.2 Å². The molecule has 0 bridgehead atoms. The quantitative estimate of drug-likeness (QED) is 0.372. The first-order valence-electron chi connectivity index (χ1n) is 10.5. The van der Waals surface area contributed by atoms with E-state index in [1.165, 1.54) is 4.90 Å². The van der Waals surface area contributed by atoms with Crippen molar-refractivity contribution < 1.29 is 33.8 Å². The lowest BCUT2D eigenvalue weighted by Crippen LogP contribution is -2.52. The molecule has 1 saturated heterocycles. The van der Waals surface area contributed by atoms with Gasteiger partial charge in [-0.2, -0.15) is 0 Å². The Morgan fingerprint density at radius 3 is 2.79 bits per heavy atom. The van der Waals surface area contributed by atoms with Crippen molar-refractivity contribution in [2.24, 2.45) is 0 Å². The summed E-state index contributed by atoms with van der Waals surface area (Å²) in [4.78, 5) is 48.6. The van der Waals surface area contributed by atoms with E-state index in [9.17, 15) is 19.2 Å². The van der Waals surface area contributed by atoms with Crippen LogP contribution >= 0.6 is 0 Å². The third-order valence-corrected chi connectivity index (χ3v) is 5.43. The second-order valence-corrected chi connectivity index (χ2v) is 7.67. The maximum atomic E-state index is 12.9. The largest absolute Gasteiger partial charge is 0.481 e. The maximum absolute atomic E-state index is 12.9. The van der Waals surface area contributed by atoms with E-state index >= 15 is 0 Å². The fraction of sp³-hybridized carbons (Fsp3) is 0.429. The molecule has 0 saturated carbocycles. The first-order valence-corrected chi connectivity index (χ1v) is 10.5. The number of nitrogens with zero attached hydrogens (tertiary/aromatic N) is 4. The summed E-state index contributed by atoms with van der Waals surface area (Å²) in [6.45, 7) is 1.10. The molecule has 12 nitrogen and oxygen atoms in total. The van der Waals surface area contributed by atoms with E-state index in [2.05, 4.69) is 15.6 Å². The minimum Gasteiger partial charge on any atom is -0.481 e. The Hall–Kier alpha value is -3.64. The number of carbonyl (C=O) groups excluding carboxylic acids is 3. The van der Waals surface area contributed by atoms with Crippen LogP contribution in [0.25, 0.3) is 5.69 Å². The zero-order chi connectivity index (χ0) is 23.4. The van der Waals surface area contributed by atoms with Gasteiger partial charge in [0, 0.05) is 24.1 Å². The van der Waals surface area contributed by atoms with Crippen molar-refractivity contribution in [1.29, 1.82) is 0 Å². The Morgan fingerprint density at radius 1 is 1.18 bits per heavy atom. The van der Waals surface area contributed by atoms with Crippen LogP contribution in [0.1, 0.15) is 40.9 Å². The summed E-state index contributed by atoms with van der Waals surface area (Å²) >= 11 is 0. The van der Waals surface area contributed by atoms with Crippen LogP contribution in [0.5, 0.6) is 0 Å². The Kier molecular flexibility index (Phi) is 6.75. The van der Waals surface area contributed by atoms with Gasteiger partial charge in [0.2, 0.25) is 11.8 Å². The van der Waals surface area contributed by atoms with Gasteiger partial charge in [-0.05, 0) is 18.6 Å². The molecule has 2 aliphatic heterocycles. The highest BCUT2D eigenvalue weighted by atomic mass is 16.5. The fourth-order valence-corrected chi connectivity index (χ4v) is 3.82. The maximum Gasteiger partial charge on any atom is 0.305 e. The third-order valence-electron chi connectivity index (χ3n) is 5.43. The number of imide groups is 1. The van der Waals surface area contributed by atoms with Gasteiger partial charge in [-0.3, -0.25) is 24.5 Å². The van der Waals surface area contributed by atoms with Crippen molar-refractivity contribution >= 4 is 23.7 Å². The number of nitrogens with one attached hydrogen (secondary N) is 1. The van der Waals surface area contributed by atoms with E-state index < -0.39 is 17.9 Å². The molecule has 0 radical (unpaired) electrons. The van der Waals surface area contributed by atoms with Crippen LogP contribution in [-0.4, -0.2) is 74.6 Å². The van der Waals surface area contributed by atoms with E-state index in [0.29, 0.717) is 23.4 Å². The smallest absolute Gasteiger partial charge is 0.305 e. The highest BCUT2D eigenvalue weighted by Gasteiger charge is 2.40. The number of aliphatic carboxylic acids is 1. The Balaban J connectivity index is 1.38. The van der Waals surface area contributed by atoms with Gasteiger partial charge in [0.25, 0.3) is 5.91 Å². The summed E-state index contributed by atoms with van der Waals surface area (Å²) < 4.78 is 12.2.